The standard InChI is InChI=1S/C15H15N5/c16-9-13-15(19-7-6-18-13)20-8-5-11-3-1-2-4-12(11)14(20)10-17/h1-4,6-7,14H,5,8,10,17H2. The first-order chi connectivity index (χ1) is 9.85. The third-order valence-corrected chi connectivity index (χ3v) is 3.69. The Kier molecular flexibility index (Phi) is 3.32. The van der Waals surface area contributed by atoms with Gasteiger partial charge in [0, 0.05) is 25.5 Å². The Hall–Kier alpha value is -2.45. The van der Waals surface area contributed by atoms with E-state index in [0.717, 1.165) is 13.0 Å². The molecular weight excluding hydrogens is 250 g/mol. The molecule has 1 aliphatic rings. The third kappa shape index (κ3) is 2.00. The van der Waals surface area contributed by atoms with E-state index in [-0.39, 0.29) is 6.04 Å². The van der Waals surface area contributed by atoms with Gasteiger partial charge in [-0.3, -0.25) is 0 Å². The maximum Gasteiger partial charge on any atom is 0.183 e. The molecule has 0 amide bonds. The van der Waals surface area contributed by atoms with Crippen molar-refractivity contribution >= 4 is 5.82 Å². The molecule has 0 saturated carbocycles. The summed E-state index contributed by atoms with van der Waals surface area (Å²) in [7, 11) is 0. The lowest BCUT2D eigenvalue weighted by Gasteiger charge is -2.37. The van der Waals surface area contributed by atoms with E-state index in [4.69, 9.17) is 5.73 Å². The number of nitrogens with two attached hydrogens (primary N) is 1. The first kappa shape index (κ1) is 12.6. The average Bonchev–Trinajstić information content (AvgIpc) is 2.53. The Labute approximate surface area is 117 Å². The van der Waals surface area contributed by atoms with Crippen LogP contribution in [-0.4, -0.2) is 23.1 Å². The number of aromatic nitrogens is 2. The average molecular weight is 265 g/mol. The molecule has 0 saturated heterocycles. The van der Waals surface area contributed by atoms with Gasteiger partial charge in [-0.1, -0.05) is 24.3 Å². The van der Waals surface area contributed by atoms with Crippen molar-refractivity contribution in [3.63, 3.8) is 0 Å². The van der Waals surface area contributed by atoms with Crippen molar-refractivity contribution in [2.24, 2.45) is 5.73 Å². The monoisotopic (exact) mass is 265 g/mol. The third-order valence-electron chi connectivity index (χ3n) is 3.69. The topological polar surface area (TPSA) is 78.8 Å². The van der Waals surface area contributed by atoms with Gasteiger partial charge in [-0.2, -0.15) is 5.26 Å². The maximum absolute atomic E-state index is 9.19. The van der Waals surface area contributed by atoms with Crippen LogP contribution in [0.3, 0.4) is 0 Å². The van der Waals surface area contributed by atoms with E-state index in [1.165, 1.54) is 17.3 Å². The van der Waals surface area contributed by atoms with Crippen LogP contribution in [0.4, 0.5) is 5.82 Å². The fourth-order valence-corrected chi connectivity index (χ4v) is 2.78. The van der Waals surface area contributed by atoms with Crippen LogP contribution in [0.2, 0.25) is 0 Å². The molecule has 0 aliphatic carbocycles. The van der Waals surface area contributed by atoms with Gasteiger partial charge in [-0.25, -0.2) is 9.97 Å². The van der Waals surface area contributed by atoms with E-state index in [1.54, 1.807) is 6.20 Å². The molecule has 0 spiro atoms. The Morgan fingerprint density at radius 3 is 2.90 bits per heavy atom. The lowest BCUT2D eigenvalue weighted by atomic mass is 9.92. The van der Waals surface area contributed by atoms with Crippen molar-refractivity contribution in [3.05, 3.63) is 53.5 Å². The summed E-state index contributed by atoms with van der Waals surface area (Å²) in [5.74, 6) is 0.625. The minimum absolute atomic E-state index is 0.0451. The van der Waals surface area contributed by atoms with Gasteiger partial charge in [-0.05, 0) is 17.5 Å². The molecular formula is C15H15N5. The summed E-state index contributed by atoms with van der Waals surface area (Å²) < 4.78 is 0. The molecule has 0 radical (unpaired) electrons. The quantitative estimate of drug-likeness (QED) is 0.888. The van der Waals surface area contributed by atoms with Crippen LogP contribution in [0, 0.1) is 11.3 Å². The molecule has 3 rings (SSSR count). The molecule has 1 aromatic carbocycles. The lowest BCUT2D eigenvalue weighted by molar-refractivity contribution is 0.582. The van der Waals surface area contributed by atoms with Crippen LogP contribution in [0.15, 0.2) is 36.7 Å². The molecule has 20 heavy (non-hydrogen) atoms. The van der Waals surface area contributed by atoms with E-state index < -0.39 is 0 Å². The SMILES string of the molecule is N#Cc1nccnc1N1CCc2ccccc2C1CN. The van der Waals surface area contributed by atoms with Crippen LogP contribution in [-0.2, 0) is 6.42 Å². The van der Waals surface area contributed by atoms with E-state index in [0.29, 0.717) is 18.1 Å². The maximum atomic E-state index is 9.19. The summed E-state index contributed by atoms with van der Waals surface area (Å²) in [6, 6.07) is 10.5. The number of hydrogen-bond acceptors (Lipinski definition) is 5. The molecule has 5 heteroatoms. The van der Waals surface area contributed by atoms with Gasteiger partial charge in [0.15, 0.2) is 11.5 Å². The zero-order chi connectivity index (χ0) is 13.9. The lowest BCUT2D eigenvalue weighted by Crippen LogP contribution is -2.40. The minimum atomic E-state index is 0.0451. The minimum Gasteiger partial charge on any atom is -0.346 e. The molecule has 5 nitrogen and oxygen atoms in total. The molecule has 2 aromatic rings. The molecule has 1 unspecified atom stereocenters. The highest BCUT2D eigenvalue weighted by Gasteiger charge is 2.28. The number of nitriles is 1. The molecule has 2 N–H and O–H groups in total. The van der Waals surface area contributed by atoms with Gasteiger partial charge in [0.05, 0.1) is 6.04 Å². The van der Waals surface area contributed by atoms with Gasteiger partial charge in [0.25, 0.3) is 0 Å². The molecule has 100 valence electrons. The van der Waals surface area contributed by atoms with Gasteiger partial charge in [0.2, 0.25) is 0 Å². The highest BCUT2D eigenvalue weighted by molar-refractivity contribution is 5.54. The predicted molar refractivity (Wildman–Crippen MR) is 76.0 cm³/mol. The summed E-state index contributed by atoms with van der Waals surface area (Å²) in [6.07, 6.45) is 4.08. The van der Waals surface area contributed by atoms with Crippen LogP contribution in [0.25, 0.3) is 0 Å². The second-order valence-electron chi connectivity index (χ2n) is 4.73. The van der Waals surface area contributed by atoms with E-state index >= 15 is 0 Å². The fraction of sp³-hybridized carbons (Fsp3) is 0.267. The molecule has 1 aromatic heterocycles. The van der Waals surface area contributed by atoms with Crippen LogP contribution in [0.5, 0.6) is 0 Å². The van der Waals surface area contributed by atoms with Crippen molar-refractivity contribution in [3.8, 4) is 6.07 Å². The van der Waals surface area contributed by atoms with E-state index in [2.05, 4.69) is 33.1 Å². The fourth-order valence-electron chi connectivity index (χ4n) is 2.78. The van der Waals surface area contributed by atoms with Crippen LogP contribution in [0.1, 0.15) is 22.9 Å². The second kappa shape index (κ2) is 5.27. The zero-order valence-electron chi connectivity index (χ0n) is 11.0. The normalized spacial score (nSPS) is 17.4. The first-order valence-corrected chi connectivity index (χ1v) is 6.60. The van der Waals surface area contributed by atoms with Gasteiger partial charge < -0.3 is 10.6 Å². The number of nitrogens with zero attached hydrogens (tertiary/aromatic N) is 4. The smallest absolute Gasteiger partial charge is 0.183 e. The summed E-state index contributed by atoms with van der Waals surface area (Å²) >= 11 is 0. The summed E-state index contributed by atoms with van der Waals surface area (Å²) in [5, 5.41) is 9.19. The first-order valence-electron chi connectivity index (χ1n) is 6.60. The molecule has 1 aliphatic heterocycles. The Morgan fingerprint density at radius 1 is 1.30 bits per heavy atom. The van der Waals surface area contributed by atoms with Crippen LogP contribution >= 0.6 is 0 Å². The number of benzene rings is 1. The van der Waals surface area contributed by atoms with E-state index in [9.17, 15) is 5.26 Å². The molecule has 0 fully saturated rings. The highest BCUT2D eigenvalue weighted by Crippen LogP contribution is 2.32. The van der Waals surface area contributed by atoms with Crippen LogP contribution < -0.4 is 10.6 Å². The summed E-state index contributed by atoms with van der Waals surface area (Å²) in [5.41, 5.74) is 8.86. The second-order valence-corrected chi connectivity index (χ2v) is 4.73. The molecule has 0 bridgehead atoms. The van der Waals surface area contributed by atoms with Gasteiger partial charge >= 0.3 is 0 Å². The molecule has 2 heterocycles. The molecule has 1 atom stereocenters. The van der Waals surface area contributed by atoms with Gasteiger partial charge in [-0.15, -0.1) is 0 Å². The Morgan fingerprint density at radius 2 is 2.10 bits per heavy atom. The van der Waals surface area contributed by atoms with E-state index in [1.807, 2.05) is 12.1 Å². The Bertz CT molecular complexity index is 661. The van der Waals surface area contributed by atoms with Crippen molar-refractivity contribution in [2.75, 3.05) is 18.0 Å². The number of hydrogen-bond donors (Lipinski definition) is 1. The number of rotatable bonds is 2. The zero-order valence-corrected chi connectivity index (χ0v) is 11.0. The largest absolute Gasteiger partial charge is 0.346 e. The van der Waals surface area contributed by atoms with Crippen molar-refractivity contribution in [1.82, 2.24) is 9.97 Å². The summed E-state index contributed by atoms with van der Waals surface area (Å²) in [4.78, 5) is 10.5. The summed E-state index contributed by atoms with van der Waals surface area (Å²) in [6.45, 7) is 1.28. The van der Waals surface area contributed by atoms with Crippen molar-refractivity contribution in [1.29, 1.82) is 5.26 Å². The number of anilines is 1. The Balaban J connectivity index is 2.06. The number of fused-ring (bicyclic) bond motifs is 1. The predicted octanol–water partition coefficient (Wildman–Crippen LogP) is 1.41. The van der Waals surface area contributed by atoms with Crippen molar-refractivity contribution < 1.29 is 0 Å². The highest BCUT2D eigenvalue weighted by atomic mass is 15.2. The van der Waals surface area contributed by atoms with Gasteiger partial charge in [0.1, 0.15) is 6.07 Å². The van der Waals surface area contributed by atoms with Crippen molar-refractivity contribution in [2.45, 2.75) is 12.5 Å².